The number of amides is 1. The fourth-order valence-corrected chi connectivity index (χ4v) is 1.36. The summed E-state index contributed by atoms with van der Waals surface area (Å²) in [7, 11) is 0. The van der Waals surface area contributed by atoms with Gasteiger partial charge in [-0.1, -0.05) is 6.07 Å². The van der Waals surface area contributed by atoms with E-state index in [1.54, 1.807) is 26.0 Å². The van der Waals surface area contributed by atoms with Crippen molar-refractivity contribution in [2.45, 2.75) is 19.9 Å². The number of hydrogen-bond acceptors (Lipinski definition) is 4. The maximum atomic E-state index is 11.9. The number of aromatic nitrogens is 1. The third-order valence-electron chi connectivity index (χ3n) is 2.32. The Morgan fingerprint density at radius 1 is 1.56 bits per heavy atom. The van der Waals surface area contributed by atoms with Crippen LogP contribution < -0.4 is 5.32 Å². The largest absolute Gasteiger partial charge is 0.480 e. The van der Waals surface area contributed by atoms with Crippen LogP contribution >= 0.6 is 0 Å². The molecule has 18 heavy (non-hydrogen) atoms. The van der Waals surface area contributed by atoms with E-state index in [9.17, 15) is 9.59 Å². The first kappa shape index (κ1) is 14.1. The summed E-state index contributed by atoms with van der Waals surface area (Å²) in [5.41, 5.74) is 0.913. The monoisotopic (exact) mass is 252 g/mol. The molecule has 0 aliphatic heterocycles. The van der Waals surface area contributed by atoms with Crippen molar-refractivity contribution in [1.29, 1.82) is 0 Å². The van der Waals surface area contributed by atoms with Gasteiger partial charge in [-0.05, 0) is 25.5 Å². The number of carboxylic acid groups (broad SMARTS) is 1. The van der Waals surface area contributed by atoms with Gasteiger partial charge in [-0.25, -0.2) is 4.79 Å². The van der Waals surface area contributed by atoms with Gasteiger partial charge in [0.2, 0.25) is 0 Å². The third-order valence-corrected chi connectivity index (χ3v) is 2.32. The predicted molar refractivity (Wildman–Crippen MR) is 64.4 cm³/mol. The first-order valence-corrected chi connectivity index (χ1v) is 5.59. The molecule has 1 rings (SSSR count). The van der Waals surface area contributed by atoms with E-state index in [2.05, 4.69) is 10.3 Å². The summed E-state index contributed by atoms with van der Waals surface area (Å²) in [5.74, 6) is -1.65. The SMILES string of the molecule is CCOC[C@H](NC(=O)c1ncccc1C)C(=O)O. The van der Waals surface area contributed by atoms with Crippen molar-refractivity contribution in [1.82, 2.24) is 10.3 Å². The molecule has 2 N–H and O–H groups in total. The van der Waals surface area contributed by atoms with Crippen molar-refractivity contribution < 1.29 is 19.4 Å². The van der Waals surface area contributed by atoms with Gasteiger partial charge in [-0.3, -0.25) is 9.78 Å². The molecule has 0 unspecified atom stereocenters. The maximum absolute atomic E-state index is 11.9. The fourth-order valence-electron chi connectivity index (χ4n) is 1.36. The normalized spacial score (nSPS) is 11.9. The third kappa shape index (κ3) is 3.81. The second kappa shape index (κ2) is 6.70. The van der Waals surface area contributed by atoms with Crippen molar-refractivity contribution >= 4 is 11.9 Å². The molecule has 0 saturated carbocycles. The first-order chi connectivity index (χ1) is 8.56. The highest BCUT2D eigenvalue weighted by atomic mass is 16.5. The highest BCUT2D eigenvalue weighted by Crippen LogP contribution is 2.03. The minimum absolute atomic E-state index is 0.0660. The number of rotatable bonds is 6. The Morgan fingerprint density at radius 2 is 2.28 bits per heavy atom. The first-order valence-electron chi connectivity index (χ1n) is 5.59. The molecular weight excluding hydrogens is 236 g/mol. The van der Waals surface area contributed by atoms with Crippen LogP contribution in [0.25, 0.3) is 0 Å². The van der Waals surface area contributed by atoms with Gasteiger partial charge in [0.25, 0.3) is 5.91 Å². The molecule has 6 nitrogen and oxygen atoms in total. The van der Waals surface area contributed by atoms with Crippen LogP contribution in [-0.4, -0.2) is 41.2 Å². The standard InChI is InChI=1S/C12H16N2O4/c1-3-18-7-9(12(16)17)14-11(15)10-8(2)5-4-6-13-10/h4-6,9H,3,7H2,1-2H3,(H,14,15)(H,16,17)/t9-/m0/s1. The summed E-state index contributed by atoms with van der Waals surface area (Å²) >= 11 is 0. The van der Waals surface area contributed by atoms with Crippen LogP contribution in [0.1, 0.15) is 23.0 Å². The number of aryl methyl sites for hydroxylation is 1. The summed E-state index contributed by atoms with van der Waals surface area (Å²) in [6, 6.07) is 2.38. The smallest absolute Gasteiger partial charge is 0.328 e. The molecule has 0 aliphatic rings. The summed E-state index contributed by atoms with van der Waals surface area (Å²) in [6.07, 6.45) is 1.49. The number of aliphatic carboxylic acids is 1. The Hall–Kier alpha value is -1.95. The molecule has 1 atom stereocenters. The number of pyridine rings is 1. The molecule has 0 saturated heterocycles. The van der Waals surface area contributed by atoms with Crippen LogP contribution in [0, 0.1) is 6.92 Å². The molecule has 1 amide bonds. The fraction of sp³-hybridized carbons (Fsp3) is 0.417. The lowest BCUT2D eigenvalue weighted by molar-refractivity contribution is -0.140. The van der Waals surface area contributed by atoms with Gasteiger partial charge in [-0.15, -0.1) is 0 Å². The van der Waals surface area contributed by atoms with Gasteiger partial charge in [-0.2, -0.15) is 0 Å². The average molecular weight is 252 g/mol. The molecule has 1 heterocycles. The number of carbonyl (C=O) groups excluding carboxylic acids is 1. The van der Waals surface area contributed by atoms with Crippen molar-refractivity contribution in [2.24, 2.45) is 0 Å². The van der Waals surface area contributed by atoms with Gasteiger partial charge in [0.05, 0.1) is 6.61 Å². The summed E-state index contributed by atoms with van der Waals surface area (Å²) in [6.45, 7) is 3.82. The Balaban J connectivity index is 2.72. The van der Waals surface area contributed by atoms with E-state index >= 15 is 0 Å². The van der Waals surface area contributed by atoms with Crippen molar-refractivity contribution in [3.8, 4) is 0 Å². The van der Waals surface area contributed by atoms with Crippen LogP contribution in [-0.2, 0) is 9.53 Å². The summed E-state index contributed by atoms with van der Waals surface area (Å²) < 4.78 is 5.01. The highest BCUT2D eigenvalue weighted by molar-refractivity contribution is 5.96. The van der Waals surface area contributed by atoms with E-state index in [0.29, 0.717) is 12.2 Å². The Kier molecular flexibility index (Phi) is 5.26. The number of nitrogens with zero attached hydrogens (tertiary/aromatic N) is 1. The Labute approximate surface area is 105 Å². The second-order valence-electron chi connectivity index (χ2n) is 3.69. The van der Waals surface area contributed by atoms with E-state index in [0.717, 1.165) is 0 Å². The van der Waals surface area contributed by atoms with E-state index in [1.807, 2.05) is 0 Å². The molecule has 0 fully saturated rings. The van der Waals surface area contributed by atoms with Crippen LogP contribution in [0.5, 0.6) is 0 Å². The molecule has 0 bridgehead atoms. The number of hydrogen-bond donors (Lipinski definition) is 2. The van der Waals surface area contributed by atoms with E-state index in [-0.39, 0.29) is 12.3 Å². The van der Waals surface area contributed by atoms with Crippen LogP contribution in [0.15, 0.2) is 18.3 Å². The van der Waals surface area contributed by atoms with Crippen molar-refractivity contribution in [2.75, 3.05) is 13.2 Å². The van der Waals surface area contributed by atoms with E-state index in [1.165, 1.54) is 6.20 Å². The molecule has 6 heteroatoms. The molecular formula is C12H16N2O4. The van der Waals surface area contributed by atoms with Crippen LogP contribution in [0.4, 0.5) is 0 Å². The quantitative estimate of drug-likeness (QED) is 0.774. The molecule has 0 aliphatic carbocycles. The molecule has 0 aromatic carbocycles. The van der Waals surface area contributed by atoms with E-state index < -0.39 is 17.9 Å². The van der Waals surface area contributed by atoms with Gasteiger partial charge in [0.15, 0.2) is 6.04 Å². The zero-order valence-electron chi connectivity index (χ0n) is 10.3. The molecule has 1 aromatic heterocycles. The molecule has 0 radical (unpaired) electrons. The van der Waals surface area contributed by atoms with E-state index in [4.69, 9.17) is 9.84 Å². The second-order valence-corrected chi connectivity index (χ2v) is 3.69. The number of nitrogens with one attached hydrogen (secondary N) is 1. The molecule has 1 aromatic rings. The van der Waals surface area contributed by atoms with Crippen molar-refractivity contribution in [3.05, 3.63) is 29.6 Å². The minimum Gasteiger partial charge on any atom is -0.480 e. The summed E-state index contributed by atoms with van der Waals surface area (Å²) in [4.78, 5) is 26.7. The Bertz CT molecular complexity index is 434. The molecule has 0 spiro atoms. The maximum Gasteiger partial charge on any atom is 0.328 e. The van der Waals surface area contributed by atoms with Crippen molar-refractivity contribution in [3.63, 3.8) is 0 Å². The number of carboxylic acids is 1. The van der Waals surface area contributed by atoms with Crippen LogP contribution in [0.2, 0.25) is 0 Å². The average Bonchev–Trinajstić information content (AvgIpc) is 2.34. The van der Waals surface area contributed by atoms with Gasteiger partial charge in [0, 0.05) is 12.8 Å². The molecule has 98 valence electrons. The number of ether oxygens (including phenoxy) is 1. The topological polar surface area (TPSA) is 88.5 Å². The van der Waals surface area contributed by atoms with Gasteiger partial charge >= 0.3 is 5.97 Å². The Morgan fingerprint density at radius 3 is 2.83 bits per heavy atom. The zero-order chi connectivity index (χ0) is 13.5. The summed E-state index contributed by atoms with van der Waals surface area (Å²) in [5, 5.41) is 11.3. The van der Waals surface area contributed by atoms with Gasteiger partial charge < -0.3 is 15.2 Å². The lowest BCUT2D eigenvalue weighted by atomic mass is 10.2. The zero-order valence-corrected chi connectivity index (χ0v) is 10.3. The van der Waals surface area contributed by atoms with Crippen LogP contribution in [0.3, 0.4) is 0 Å². The number of carbonyl (C=O) groups is 2. The lowest BCUT2D eigenvalue weighted by Crippen LogP contribution is -2.44. The lowest BCUT2D eigenvalue weighted by Gasteiger charge is -2.14. The predicted octanol–water partition coefficient (Wildman–Crippen LogP) is 0.610. The minimum atomic E-state index is -1.13. The van der Waals surface area contributed by atoms with Gasteiger partial charge in [0.1, 0.15) is 5.69 Å². The highest BCUT2D eigenvalue weighted by Gasteiger charge is 2.22.